The van der Waals surface area contributed by atoms with E-state index in [-0.39, 0.29) is 6.54 Å². The highest BCUT2D eigenvalue weighted by atomic mass is 32.2. The van der Waals surface area contributed by atoms with Crippen LogP contribution in [0, 0.1) is 5.92 Å². The molecule has 16 heavy (non-hydrogen) atoms. The molecule has 1 amide bonds. The molecule has 1 fully saturated rings. The van der Waals surface area contributed by atoms with Gasteiger partial charge in [-0.05, 0) is 18.8 Å². The Morgan fingerprint density at radius 1 is 1.56 bits per heavy atom. The van der Waals surface area contributed by atoms with E-state index in [0.717, 1.165) is 17.1 Å². The Balaban J connectivity index is 2.72. The molecule has 0 unspecified atom stereocenters. The third-order valence-corrected chi connectivity index (χ3v) is 4.62. The number of amides is 1. The average Bonchev–Trinajstić information content (AvgIpc) is 2.16. The molecular formula is C9H19N3O3S. The lowest BCUT2D eigenvalue weighted by Gasteiger charge is -2.32. The summed E-state index contributed by atoms with van der Waals surface area (Å²) in [6.45, 7) is 2.80. The Morgan fingerprint density at radius 3 is 2.69 bits per heavy atom. The van der Waals surface area contributed by atoms with Crippen LogP contribution in [-0.4, -0.2) is 49.6 Å². The van der Waals surface area contributed by atoms with Gasteiger partial charge in [0.1, 0.15) is 0 Å². The molecule has 0 aliphatic carbocycles. The molecule has 7 heteroatoms. The number of carbonyl (C=O) groups is 1. The third-order valence-electron chi connectivity index (χ3n) is 2.72. The molecule has 2 N–H and O–H groups in total. The number of nitrogens with two attached hydrogens (primary N) is 1. The van der Waals surface area contributed by atoms with E-state index in [1.807, 2.05) is 6.92 Å². The first kappa shape index (κ1) is 13.4. The van der Waals surface area contributed by atoms with Crippen molar-refractivity contribution in [3.8, 4) is 0 Å². The van der Waals surface area contributed by atoms with Crippen LogP contribution in [-0.2, 0) is 15.0 Å². The zero-order valence-corrected chi connectivity index (χ0v) is 10.5. The lowest BCUT2D eigenvalue weighted by atomic mass is 10.0. The maximum Gasteiger partial charge on any atom is 0.282 e. The van der Waals surface area contributed by atoms with E-state index >= 15 is 0 Å². The molecule has 1 aliphatic rings. The number of primary amides is 1. The number of carbonyl (C=O) groups excluding carboxylic acids is 1. The summed E-state index contributed by atoms with van der Waals surface area (Å²) in [6, 6.07) is 0. The fourth-order valence-electron chi connectivity index (χ4n) is 1.85. The number of nitrogens with zero attached hydrogens (tertiary/aromatic N) is 2. The molecule has 0 aromatic rings. The predicted molar refractivity (Wildman–Crippen MR) is 60.7 cm³/mol. The minimum atomic E-state index is -3.52. The van der Waals surface area contributed by atoms with Gasteiger partial charge in [0.2, 0.25) is 5.91 Å². The Bertz CT molecular complexity index is 355. The highest BCUT2D eigenvalue weighted by Crippen LogP contribution is 2.19. The van der Waals surface area contributed by atoms with Crippen LogP contribution in [0.3, 0.4) is 0 Å². The fourth-order valence-corrected chi connectivity index (χ4v) is 3.34. The topological polar surface area (TPSA) is 83.7 Å². The number of hydrogen-bond donors (Lipinski definition) is 1. The van der Waals surface area contributed by atoms with Gasteiger partial charge < -0.3 is 5.73 Å². The summed E-state index contributed by atoms with van der Waals surface area (Å²) in [5.41, 5.74) is 4.98. The van der Waals surface area contributed by atoms with Crippen LogP contribution < -0.4 is 5.73 Å². The molecule has 1 rings (SSSR count). The third kappa shape index (κ3) is 3.16. The van der Waals surface area contributed by atoms with Gasteiger partial charge in [-0.25, -0.2) is 0 Å². The molecule has 1 atom stereocenters. The SMILES string of the molecule is C[C@H]1CCCN(S(=O)(=O)N(C)CC(N)=O)C1. The molecule has 1 heterocycles. The standard InChI is InChI=1S/C9H19N3O3S/c1-8-4-3-5-12(6-8)16(14,15)11(2)7-9(10)13/h8H,3-7H2,1-2H3,(H2,10,13)/t8-/m0/s1. The zero-order chi connectivity index (χ0) is 12.3. The van der Waals surface area contributed by atoms with Crippen molar-refractivity contribution < 1.29 is 13.2 Å². The second-order valence-electron chi connectivity index (χ2n) is 4.34. The van der Waals surface area contributed by atoms with Gasteiger partial charge >= 0.3 is 0 Å². The van der Waals surface area contributed by atoms with Crippen LogP contribution in [0.1, 0.15) is 19.8 Å². The minimum Gasteiger partial charge on any atom is -0.369 e. The second-order valence-corrected chi connectivity index (χ2v) is 6.37. The Morgan fingerprint density at radius 2 is 2.19 bits per heavy atom. The molecule has 0 saturated carbocycles. The molecule has 0 aromatic carbocycles. The van der Waals surface area contributed by atoms with Gasteiger partial charge in [0.25, 0.3) is 10.2 Å². The van der Waals surface area contributed by atoms with E-state index in [1.54, 1.807) is 0 Å². The number of hydrogen-bond acceptors (Lipinski definition) is 3. The smallest absolute Gasteiger partial charge is 0.282 e. The second kappa shape index (κ2) is 5.11. The quantitative estimate of drug-likeness (QED) is 0.720. The van der Waals surface area contributed by atoms with Gasteiger partial charge in [-0.2, -0.15) is 17.0 Å². The zero-order valence-electron chi connectivity index (χ0n) is 9.72. The van der Waals surface area contributed by atoms with Crippen molar-refractivity contribution in [2.75, 3.05) is 26.7 Å². The summed E-state index contributed by atoms with van der Waals surface area (Å²) in [4.78, 5) is 10.7. The molecule has 1 saturated heterocycles. The fraction of sp³-hybridized carbons (Fsp3) is 0.889. The summed E-state index contributed by atoms with van der Waals surface area (Å²) in [7, 11) is -2.15. The minimum absolute atomic E-state index is 0.271. The van der Waals surface area contributed by atoms with E-state index in [9.17, 15) is 13.2 Å². The average molecular weight is 249 g/mol. The molecule has 0 aromatic heterocycles. The van der Waals surface area contributed by atoms with Crippen molar-refractivity contribution in [1.82, 2.24) is 8.61 Å². The molecule has 6 nitrogen and oxygen atoms in total. The van der Waals surface area contributed by atoms with Crippen LogP contribution in [0.2, 0.25) is 0 Å². The first-order chi connectivity index (χ1) is 7.34. The summed E-state index contributed by atoms with van der Waals surface area (Å²) in [6.07, 6.45) is 1.91. The van der Waals surface area contributed by atoms with Crippen LogP contribution in [0.4, 0.5) is 0 Å². The molecule has 0 radical (unpaired) electrons. The van der Waals surface area contributed by atoms with Crippen LogP contribution in [0.25, 0.3) is 0 Å². The summed E-state index contributed by atoms with van der Waals surface area (Å²) >= 11 is 0. The maximum atomic E-state index is 12.0. The van der Waals surface area contributed by atoms with Gasteiger partial charge in [-0.3, -0.25) is 4.79 Å². The van der Waals surface area contributed by atoms with E-state index in [4.69, 9.17) is 5.73 Å². The van der Waals surface area contributed by atoms with Crippen LogP contribution in [0.5, 0.6) is 0 Å². The number of piperidine rings is 1. The normalized spacial score (nSPS) is 23.6. The van der Waals surface area contributed by atoms with Crippen LogP contribution >= 0.6 is 0 Å². The van der Waals surface area contributed by atoms with Gasteiger partial charge in [-0.15, -0.1) is 0 Å². The molecule has 0 spiro atoms. The monoisotopic (exact) mass is 249 g/mol. The van der Waals surface area contributed by atoms with E-state index in [2.05, 4.69) is 0 Å². The van der Waals surface area contributed by atoms with E-state index in [1.165, 1.54) is 11.4 Å². The van der Waals surface area contributed by atoms with Gasteiger partial charge in [0, 0.05) is 20.1 Å². The summed E-state index contributed by atoms with van der Waals surface area (Å²) < 4.78 is 26.4. The first-order valence-electron chi connectivity index (χ1n) is 5.33. The van der Waals surface area contributed by atoms with Crippen molar-refractivity contribution in [1.29, 1.82) is 0 Å². The maximum absolute atomic E-state index is 12.0. The molecule has 0 bridgehead atoms. The highest BCUT2D eigenvalue weighted by molar-refractivity contribution is 7.86. The summed E-state index contributed by atoms with van der Waals surface area (Å²) in [5.74, 6) is -0.276. The number of rotatable bonds is 4. The van der Waals surface area contributed by atoms with Gasteiger partial charge in [0.15, 0.2) is 0 Å². The van der Waals surface area contributed by atoms with Crippen LogP contribution in [0.15, 0.2) is 0 Å². The molecular weight excluding hydrogens is 230 g/mol. The van der Waals surface area contributed by atoms with Crippen molar-refractivity contribution in [2.24, 2.45) is 11.7 Å². The first-order valence-corrected chi connectivity index (χ1v) is 6.73. The molecule has 94 valence electrons. The van der Waals surface area contributed by atoms with Crippen molar-refractivity contribution in [3.05, 3.63) is 0 Å². The highest BCUT2D eigenvalue weighted by Gasteiger charge is 2.30. The van der Waals surface area contributed by atoms with Gasteiger partial charge in [-0.1, -0.05) is 6.92 Å². The van der Waals surface area contributed by atoms with Gasteiger partial charge in [0.05, 0.1) is 6.54 Å². The van der Waals surface area contributed by atoms with E-state index < -0.39 is 16.1 Å². The van der Waals surface area contributed by atoms with Crippen molar-refractivity contribution >= 4 is 16.1 Å². The van der Waals surface area contributed by atoms with Crippen molar-refractivity contribution in [3.63, 3.8) is 0 Å². The Hall–Kier alpha value is -0.660. The Labute approximate surface area is 96.6 Å². The lowest BCUT2D eigenvalue weighted by Crippen LogP contribution is -2.48. The Kier molecular flexibility index (Phi) is 4.28. The lowest BCUT2D eigenvalue weighted by molar-refractivity contribution is -0.118. The van der Waals surface area contributed by atoms with Crippen molar-refractivity contribution in [2.45, 2.75) is 19.8 Å². The predicted octanol–water partition coefficient (Wildman–Crippen LogP) is -0.620. The van der Waals surface area contributed by atoms with E-state index in [0.29, 0.717) is 19.0 Å². The summed E-state index contributed by atoms with van der Waals surface area (Å²) in [5, 5.41) is 0. The molecule has 1 aliphatic heterocycles. The largest absolute Gasteiger partial charge is 0.369 e. The number of likely N-dealkylation sites (N-methyl/N-ethyl adjacent to an activating group) is 1.